The highest BCUT2D eigenvalue weighted by atomic mass is 32.1. The molecule has 0 fully saturated rings. The average Bonchev–Trinajstić information content (AvgIpc) is 3.22. The highest BCUT2D eigenvalue weighted by molar-refractivity contribution is 7.11. The molecular weight excluding hydrogens is 312 g/mol. The summed E-state index contributed by atoms with van der Waals surface area (Å²) in [7, 11) is 0. The third-order valence-corrected chi connectivity index (χ3v) is 4.15. The summed E-state index contributed by atoms with van der Waals surface area (Å²) in [5.41, 5.74) is 2.18. The molecule has 122 valence electrons. The molecule has 0 radical (unpaired) electrons. The predicted molar refractivity (Wildman–Crippen MR) is 90.8 cm³/mol. The molecule has 3 rings (SSSR count). The summed E-state index contributed by atoms with van der Waals surface area (Å²) in [5.74, 6) is 0. The molecule has 0 saturated heterocycles. The van der Waals surface area contributed by atoms with Crippen molar-refractivity contribution in [3.05, 3.63) is 42.2 Å². The van der Waals surface area contributed by atoms with Crippen LogP contribution in [-0.4, -0.2) is 45.4 Å². The molecule has 1 aromatic carbocycles. The number of nitrogens with zero attached hydrogens (tertiary/aromatic N) is 3. The lowest BCUT2D eigenvalue weighted by atomic mass is 10.3. The monoisotopic (exact) mass is 332 g/mol. The van der Waals surface area contributed by atoms with Crippen molar-refractivity contribution in [2.45, 2.75) is 19.1 Å². The lowest BCUT2D eigenvalue weighted by Crippen LogP contribution is -2.32. The van der Waals surface area contributed by atoms with Gasteiger partial charge in [-0.1, -0.05) is 23.5 Å². The van der Waals surface area contributed by atoms with Crippen molar-refractivity contribution in [2.24, 2.45) is 0 Å². The molecule has 0 saturated carbocycles. The second kappa shape index (κ2) is 8.05. The summed E-state index contributed by atoms with van der Waals surface area (Å²) in [6, 6.07) is 8.12. The number of para-hydroxylation sites is 2. The molecule has 1 atom stereocenters. The van der Waals surface area contributed by atoms with Gasteiger partial charge < -0.3 is 19.7 Å². The molecule has 23 heavy (non-hydrogen) atoms. The highest BCUT2D eigenvalue weighted by Crippen LogP contribution is 2.13. The van der Waals surface area contributed by atoms with Gasteiger partial charge in [-0.05, 0) is 25.1 Å². The first kappa shape index (κ1) is 15.9. The molecule has 6 nitrogen and oxygen atoms in total. The first-order chi connectivity index (χ1) is 11.3. The van der Waals surface area contributed by atoms with Crippen LogP contribution in [0.2, 0.25) is 0 Å². The standard InChI is InChI=1S/C16H20N4O2S/c21-13(11-22-16-18-7-9-23-16)10-17-6-3-8-20-12-19-14-4-1-2-5-15(14)20/h1-2,4-5,7,9,12-13,17,21H,3,6,8,10-11H2. The van der Waals surface area contributed by atoms with E-state index < -0.39 is 6.10 Å². The van der Waals surface area contributed by atoms with E-state index in [2.05, 4.69) is 25.9 Å². The van der Waals surface area contributed by atoms with Gasteiger partial charge in [0.2, 0.25) is 0 Å². The molecule has 0 amide bonds. The van der Waals surface area contributed by atoms with E-state index in [0.29, 0.717) is 11.7 Å². The molecule has 1 unspecified atom stereocenters. The van der Waals surface area contributed by atoms with E-state index in [1.54, 1.807) is 6.20 Å². The number of aliphatic hydroxyl groups excluding tert-OH is 1. The topological polar surface area (TPSA) is 72.2 Å². The van der Waals surface area contributed by atoms with Crippen LogP contribution in [0.25, 0.3) is 11.0 Å². The first-order valence-electron chi connectivity index (χ1n) is 7.64. The van der Waals surface area contributed by atoms with Crippen LogP contribution in [0.4, 0.5) is 0 Å². The van der Waals surface area contributed by atoms with E-state index in [1.807, 2.05) is 29.9 Å². The molecule has 0 bridgehead atoms. The number of hydrogen-bond donors (Lipinski definition) is 2. The molecule has 2 aromatic heterocycles. The van der Waals surface area contributed by atoms with Crippen molar-refractivity contribution >= 4 is 22.4 Å². The van der Waals surface area contributed by atoms with Gasteiger partial charge in [-0.2, -0.15) is 0 Å². The summed E-state index contributed by atoms with van der Waals surface area (Å²) in [5, 5.41) is 15.5. The lowest BCUT2D eigenvalue weighted by molar-refractivity contribution is 0.106. The van der Waals surface area contributed by atoms with Crippen molar-refractivity contribution in [2.75, 3.05) is 19.7 Å². The number of ether oxygens (including phenoxy) is 1. The van der Waals surface area contributed by atoms with Gasteiger partial charge in [0.25, 0.3) is 5.19 Å². The maximum atomic E-state index is 9.85. The van der Waals surface area contributed by atoms with Crippen molar-refractivity contribution in [3.63, 3.8) is 0 Å². The quantitative estimate of drug-likeness (QED) is 0.586. The van der Waals surface area contributed by atoms with Crippen molar-refractivity contribution < 1.29 is 9.84 Å². The number of imidazole rings is 1. The Kier molecular flexibility index (Phi) is 5.57. The molecule has 2 heterocycles. The molecule has 0 spiro atoms. The van der Waals surface area contributed by atoms with Crippen molar-refractivity contribution in [1.29, 1.82) is 0 Å². The average molecular weight is 332 g/mol. The molecule has 7 heteroatoms. The van der Waals surface area contributed by atoms with Crippen LogP contribution in [0, 0.1) is 0 Å². The SMILES string of the molecule is OC(CNCCCn1cnc2ccccc21)COc1nccs1. The fourth-order valence-electron chi connectivity index (χ4n) is 2.34. The summed E-state index contributed by atoms with van der Waals surface area (Å²) in [6.45, 7) is 2.50. The summed E-state index contributed by atoms with van der Waals surface area (Å²) < 4.78 is 7.53. The lowest BCUT2D eigenvalue weighted by Gasteiger charge is -2.12. The fraction of sp³-hybridized carbons (Fsp3) is 0.375. The number of aryl methyl sites for hydroxylation is 1. The predicted octanol–water partition coefficient (Wildman–Crippen LogP) is 1.91. The molecule has 0 aliphatic rings. The highest BCUT2D eigenvalue weighted by Gasteiger charge is 2.06. The Labute approximate surface area is 138 Å². The number of benzene rings is 1. The molecule has 2 N–H and O–H groups in total. The van der Waals surface area contributed by atoms with Crippen LogP contribution in [0.5, 0.6) is 5.19 Å². The van der Waals surface area contributed by atoms with Crippen LogP contribution in [0.1, 0.15) is 6.42 Å². The summed E-state index contributed by atoms with van der Waals surface area (Å²) in [4.78, 5) is 8.38. The minimum atomic E-state index is -0.534. The van der Waals surface area contributed by atoms with E-state index in [9.17, 15) is 5.11 Å². The van der Waals surface area contributed by atoms with Crippen LogP contribution >= 0.6 is 11.3 Å². The van der Waals surface area contributed by atoms with Crippen LogP contribution in [-0.2, 0) is 6.54 Å². The summed E-state index contributed by atoms with van der Waals surface area (Å²) >= 11 is 1.42. The second-order valence-electron chi connectivity index (χ2n) is 5.25. The Balaban J connectivity index is 1.32. The van der Waals surface area contributed by atoms with E-state index in [0.717, 1.165) is 30.5 Å². The van der Waals surface area contributed by atoms with Gasteiger partial charge in [-0.15, -0.1) is 0 Å². The van der Waals surface area contributed by atoms with Gasteiger partial charge in [0.05, 0.1) is 17.4 Å². The van der Waals surface area contributed by atoms with Gasteiger partial charge in [-0.3, -0.25) is 0 Å². The zero-order valence-electron chi connectivity index (χ0n) is 12.8. The van der Waals surface area contributed by atoms with Crippen LogP contribution < -0.4 is 10.1 Å². The normalized spacial score (nSPS) is 12.6. The van der Waals surface area contributed by atoms with E-state index in [4.69, 9.17) is 4.74 Å². The second-order valence-corrected chi connectivity index (χ2v) is 6.10. The third-order valence-electron chi connectivity index (χ3n) is 3.47. The zero-order valence-corrected chi connectivity index (χ0v) is 13.6. The van der Waals surface area contributed by atoms with Crippen molar-refractivity contribution in [3.8, 4) is 5.19 Å². The molecular formula is C16H20N4O2S. The number of aliphatic hydroxyl groups is 1. The zero-order chi connectivity index (χ0) is 15.9. The van der Waals surface area contributed by atoms with E-state index in [1.165, 1.54) is 11.3 Å². The number of thiazole rings is 1. The number of fused-ring (bicyclic) bond motifs is 1. The maximum absolute atomic E-state index is 9.85. The van der Waals surface area contributed by atoms with Gasteiger partial charge in [0.1, 0.15) is 12.7 Å². The number of hydrogen-bond acceptors (Lipinski definition) is 6. The maximum Gasteiger partial charge on any atom is 0.273 e. The van der Waals surface area contributed by atoms with Gasteiger partial charge >= 0.3 is 0 Å². The summed E-state index contributed by atoms with van der Waals surface area (Å²) in [6.07, 6.45) is 4.00. The van der Waals surface area contributed by atoms with Crippen molar-refractivity contribution in [1.82, 2.24) is 19.9 Å². The molecule has 0 aliphatic carbocycles. The fourth-order valence-corrected chi connectivity index (χ4v) is 2.84. The minimum Gasteiger partial charge on any atom is -0.467 e. The van der Waals surface area contributed by atoms with Gasteiger partial charge in [0, 0.05) is 24.7 Å². The number of nitrogens with one attached hydrogen (secondary N) is 1. The van der Waals surface area contributed by atoms with Crippen LogP contribution in [0.3, 0.4) is 0 Å². The third kappa shape index (κ3) is 4.51. The smallest absolute Gasteiger partial charge is 0.273 e. The van der Waals surface area contributed by atoms with Crippen LogP contribution in [0.15, 0.2) is 42.2 Å². The largest absolute Gasteiger partial charge is 0.467 e. The van der Waals surface area contributed by atoms with E-state index >= 15 is 0 Å². The Hall–Kier alpha value is -1.96. The Morgan fingerprint density at radius 1 is 1.30 bits per heavy atom. The Morgan fingerprint density at radius 2 is 2.22 bits per heavy atom. The first-order valence-corrected chi connectivity index (χ1v) is 8.52. The Morgan fingerprint density at radius 3 is 3.09 bits per heavy atom. The van der Waals surface area contributed by atoms with E-state index in [-0.39, 0.29) is 6.61 Å². The van der Waals surface area contributed by atoms with Gasteiger partial charge in [0.15, 0.2) is 0 Å². The number of rotatable bonds is 9. The molecule has 0 aliphatic heterocycles. The van der Waals surface area contributed by atoms with Gasteiger partial charge in [-0.25, -0.2) is 9.97 Å². The number of aromatic nitrogens is 3. The minimum absolute atomic E-state index is 0.257. The molecule has 3 aromatic rings. The Bertz CT molecular complexity index is 714.